The molecule has 4 N–H and O–H groups in total. The van der Waals surface area contributed by atoms with E-state index in [0.717, 1.165) is 0 Å². The molecule has 0 radical (unpaired) electrons. The molecular formula is C8H10ClN3O. The van der Waals surface area contributed by atoms with Gasteiger partial charge in [-0.05, 0) is 19.1 Å². The minimum absolute atomic E-state index is 0.0994. The summed E-state index contributed by atoms with van der Waals surface area (Å²) in [4.78, 5) is 14.7. The molecule has 0 aliphatic carbocycles. The van der Waals surface area contributed by atoms with Crippen LogP contribution >= 0.6 is 11.6 Å². The van der Waals surface area contributed by atoms with E-state index in [-0.39, 0.29) is 16.8 Å². The van der Waals surface area contributed by atoms with Gasteiger partial charge in [-0.15, -0.1) is 0 Å². The van der Waals surface area contributed by atoms with Gasteiger partial charge < -0.3 is 11.5 Å². The summed E-state index contributed by atoms with van der Waals surface area (Å²) < 4.78 is 0. The zero-order chi connectivity index (χ0) is 10.0. The topological polar surface area (TPSA) is 82.0 Å². The summed E-state index contributed by atoms with van der Waals surface area (Å²) >= 11 is 5.70. The van der Waals surface area contributed by atoms with Crippen LogP contribution in [0.1, 0.15) is 29.0 Å². The number of rotatable bonds is 2. The van der Waals surface area contributed by atoms with Crippen LogP contribution in [0.15, 0.2) is 12.1 Å². The molecule has 0 saturated carbocycles. The Morgan fingerprint density at radius 3 is 2.62 bits per heavy atom. The Morgan fingerprint density at radius 1 is 1.62 bits per heavy atom. The molecule has 5 heteroatoms. The van der Waals surface area contributed by atoms with Crippen LogP contribution in [0.25, 0.3) is 0 Å². The quantitative estimate of drug-likeness (QED) is 0.693. The number of hydrogen-bond donors (Lipinski definition) is 2. The molecule has 1 aromatic heterocycles. The number of hydrogen-bond acceptors (Lipinski definition) is 3. The molecule has 1 unspecified atom stereocenters. The number of amides is 1. The highest BCUT2D eigenvalue weighted by Gasteiger charge is 2.09. The van der Waals surface area contributed by atoms with Crippen molar-refractivity contribution in [2.45, 2.75) is 13.0 Å². The van der Waals surface area contributed by atoms with Gasteiger partial charge in [-0.1, -0.05) is 11.6 Å². The van der Waals surface area contributed by atoms with E-state index in [9.17, 15) is 4.79 Å². The second-order valence-electron chi connectivity index (χ2n) is 2.73. The van der Waals surface area contributed by atoms with Gasteiger partial charge in [-0.25, -0.2) is 4.98 Å². The molecule has 4 nitrogen and oxygen atoms in total. The number of carbonyl (C=O) groups excluding carboxylic acids is 1. The predicted molar refractivity (Wildman–Crippen MR) is 50.4 cm³/mol. The number of nitrogens with two attached hydrogens (primary N) is 2. The van der Waals surface area contributed by atoms with Crippen molar-refractivity contribution in [2.75, 3.05) is 0 Å². The molecule has 13 heavy (non-hydrogen) atoms. The van der Waals surface area contributed by atoms with Crippen molar-refractivity contribution in [3.8, 4) is 0 Å². The Bertz CT molecular complexity index is 338. The van der Waals surface area contributed by atoms with Crippen LogP contribution in [-0.2, 0) is 0 Å². The highest BCUT2D eigenvalue weighted by Crippen LogP contribution is 2.15. The van der Waals surface area contributed by atoms with E-state index >= 15 is 0 Å². The largest absolute Gasteiger partial charge is 0.366 e. The van der Waals surface area contributed by atoms with Crippen LogP contribution in [0.3, 0.4) is 0 Å². The molecular weight excluding hydrogens is 190 g/mol. The third-order valence-electron chi connectivity index (χ3n) is 1.60. The number of carbonyl (C=O) groups is 1. The standard InChI is InChI=1S/C8H10ClN3O/c1-4(10)6-3-2-5(8(11)13)7(9)12-6/h2-4H,10H2,1H3,(H2,11,13). The molecule has 0 aliphatic rings. The van der Waals surface area contributed by atoms with Crippen LogP contribution < -0.4 is 11.5 Å². The van der Waals surface area contributed by atoms with E-state index in [1.807, 2.05) is 0 Å². The van der Waals surface area contributed by atoms with Gasteiger partial charge in [0.1, 0.15) is 5.15 Å². The van der Waals surface area contributed by atoms with Gasteiger partial charge in [0.25, 0.3) is 5.91 Å². The molecule has 1 atom stereocenters. The Morgan fingerprint density at radius 2 is 2.23 bits per heavy atom. The predicted octanol–water partition coefficient (Wildman–Crippen LogP) is 0.854. The molecule has 1 aromatic rings. The first-order valence-corrected chi connectivity index (χ1v) is 4.12. The summed E-state index contributed by atoms with van der Waals surface area (Å²) in [6.45, 7) is 1.78. The highest BCUT2D eigenvalue weighted by atomic mass is 35.5. The van der Waals surface area contributed by atoms with Crippen molar-refractivity contribution in [1.82, 2.24) is 4.98 Å². The molecule has 0 fully saturated rings. The van der Waals surface area contributed by atoms with Crippen molar-refractivity contribution in [2.24, 2.45) is 11.5 Å². The first-order valence-electron chi connectivity index (χ1n) is 3.74. The summed E-state index contributed by atoms with van der Waals surface area (Å²) in [5.74, 6) is -0.589. The third kappa shape index (κ3) is 2.17. The molecule has 1 rings (SSSR count). The first kappa shape index (κ1) is 9.95. The summed E-state index contributed by atoms with van der Waals surface area (Å²) in [5, 5.41) is 0.0994. The summed E-state index contributed by atoms with van der Waals surface area (Å²) in [7, 11) is 0. The summed E-state index contributed by atoms with van der Waals surface area (Å²) in [6.07, 6.45) is 0. The fraction of sp³-hybridized carbons (Fsp3) is 0.250. The number of pyridine rings is 1. The SMILES string of the molecule is CC(N)c1ccc(C(N)=O)c(Cl)n1. The monoisotopic (exact) mass is 199 g/mol. The number of aromatic nitrogens is 1. The Labute approximate surface area is 80.9 Å². The van der Waals surface area contributed by atoms with Crippen LogP contribution in [-0.4, -0.2) is 10.9 Å². The molecule has 0 saturated heterocycles. The average molecular weight is 200 g/mol. The highest BCUT2D eigenvalue weighted by molar-refractivity contribution is 6.32. The fourth-order valence-corrected chi connectivity index (χ4v) is 1.14. The summed E-state index contributed by atoms with van der Waals surface area (Å²) in [6, 6.07) is 2.95. The molecule has 70 valence electrons. The Hall–Kier alpha value is -1.13. The fourth-order valence-electron chi connectivity index (χ4n) is 0.886. The minimum atomic E-state index is -0.589. The van der Waals surface area contributed by atoms with E-state index in [4.69, 9.17) is 23.1 Å². The molecule has 0 spiro atoms. The molecule has 1 heterocycles. The van der Waals surface area contributed by atoms with Crippen molar-refractivity contribution in [3.05, 3.63) is 28.5 Å². The maximum Gasteiger partial charge on any atom is 0.251 e. The number of nitrogens with zero attached hydrogens (tertiary/aromatic N) is 1. The van der Waals surface area contributed by atoms with Crippen molar-refractivity contribution < 1.29 is 4.79 Å². The molecule has 0 aromatic carbocycles. The van der Waals surface area contributed by atoms with E-state index in [0.29, 0.717) is 5.69 Å². The molecule has 1 amide bonds. The van der Waals surface area contributed by atoms with Gasteiger partial charge in [-0.2, -0.15) is 0 Å². The van der Waals surface area contributed by atoms with Gasteiger partial charge in [0.15, 0.2) is 0 Å². The van der Waals surface area contributed by atoms with Crippen LogP contribution in [0.4, 0.5) is 0 Å². The average Bonchev–Trinajstić information content (AvgIpc) is 2.03. The van der Waals surface area contributed by atoms with Gasteiger partial charge in [0, 0.05) is 6.04 Å². The smallest absolute Gasteiger partial charge is 0.251 e. The van der Waals surface area contributed by atoms with Crippen LogP contribution in [0.5, 0.6) is 0 Å². The van der Waals surface area contributed by atoms with Gasteiger partial charge in [-0.3, -0.25) is 4.79 Å². The number of primary amides is 1. The van der Waals surface area contributed by atoms with Crippen molar-refractivity contribution in [3.63, 3.8) is 0 Å². The Kier molecular flexibility index (Phi) is 2.85. The lowest BCUT2D eigenvalue weighted by Gasteiger charge is -2.05. The maximum absolute atomic E-state index is 10.8. The second kappa shape index (κ2) is 3.72. The van der Waals surface area contributed by atoms with Crippen LogP contribution in [0.2, 0.25) is 5.15 Å². The van der Waals surface area contributed by atoms with Crippen molar-refractivity contribution in [1.29, 1.82) is 0 Å². The lowest BCUT2D eigenvalue weighted by Crippen LogP contribution is -2.14. The molecule has 0 aliphatic heterocycles. The maximum atomic E-state index is 10.8. The normalized spacial score (nSPS) is 12.5. The van der Waals surface area contributed by atoms with E-state index in [2.05, 4.69) is 4.98 Å². The van der Waals surface area contributed by atoms with E-state index in [1.54, 1.807) is 13.0 Å². The number of halogens is 1. The van der Waals surface area contributed by atoms with E-state index < -0.39 is 5.91 Å². The van der Waals surface area contributed by atoms with Gasteiger partial charge in [0.2, 0.25) is 0 Å². The zero-order valence-electron chi connectivity index (χ0n) is 7.12. The van der Waals surface area contributed by atoms with Gasteiger partial charge in [0.05, 0.1) is 11.3 Å². The lowest BCUT2D eigenvalue weighted by molar-refractivity contribution is 0.1000. The van der Waals surface area contributed by atoms with E-state index in [1.165, 1.54) is 6.07 Å². The molecule has 0 bridgehead atoms. The Balaban J connectivity index is 3.13. The van der Waals surface area contributed by atoms with Gasteiger partial charge >= 0.3 is 0 Å². The minimum Gasteiger partial charge on any atom is -0.366 e. The first-order chi connectivity index (χ1) is 6.02. The van der Waals surface area contributed by atoms with Crippen molar-refractivity contribution >= 4 is 17.5 Å². The third-order valence-corrected chi connectivity index (χ3v) is 1.89. The van der Waals surface area contributed by atoms with Crippen LogP contribution in [0, 0.1) is 0 Å². The zero-order valence-corrected chi connectivity index (χ0v) is 7.88. The summed E-state index contributed by atoms with van der Waals surface area (Å²) in [5.41, 5.74) is 11.5. The second-order valence-corrected chi connectivity index (χ2v) is 3.09. The lowest BCUT2D eigenvalue weighted by atomic mass is 10.2.